The highest BCUT2D eigenvalue weighted by Crippen LogP contribution is 2.24. The van der Waals surface area contributed by atoms with Gasteiger partial charge in [-0.3, -0.25) is 4.79 Å². The number of hydrogen-bond acceptors (Lipinski definition) is 2. The zero-order valence-electron chi connectivity index (χ0n) is 10.1. The van der Waals surface area contributed by atoms with Gasteiger partial charge in [-0.1, -0.05) is 0 Å². The summed E-state index contributed by atoms with van der Waals surface area (Å²) in [6, 6.07) is 5.83. The summed E-state index contributed by atoms with van der Waals surface area (Å²) in [7, 11) is 0. The molecule has 2 aromatic rings. The Balaban J connectivity index is 2.36. The highest BCUT2D eigenvalue weighted by Gasteiger charge is 2.03. The molecule has 1 aromatic carbocycles. The van der Waals surface area contributed by atoms with Crippen LogP contribution in [0.5, 0.6) is 5.75 Å². The average molecular weight is 264 g/mol. The van der Waals surface area contributed by atoms with Crippen molar-refractivity contribution in [3.63, 3.8) is 0 Å². The van der Waals surface area contributed by atoms with E-state index in [9.17, 15) is 4.79 Å². The molecule has 0 unspecified atom stereocenters. The van der Waals surface area contributed by atoms with Gasteiger partial charge in [-0.05, 0) is 37.3 Å². The molecule has 1 N–H and O–H groups in total. The van der Waals surface area contributed by atoms with Gasteiger partial charge in [0.2, 0.25) is 0 Å². The zero-order chi connectivity index (χ0) is 13.0. The fourth-order valence-corrected chi connectivity index (χ4v) is 1.83. The molecule has 4 heteroatoms. The summed E-state index contributed by atoms with van der Waals surface area (Å²) in [5.74, 6) is 0.721. The molecular weight excluding hydrogens is 250 g/mol. The van der Waals surface area contributed by atoms with Crippen LogP contribution in [0.15, 0.2) is 30.5 Å². The van der Waals surface area contributed by atoms with Crippen LogP contribution in [0.4, 0.5) is 0 Å². The number of aromatic nitrogens is 1. The SMILES string of the molecule is CCOc1ccc2[nH]cc(/C=C/C(=O)CCl)c2c1. The summed E-state index contributed by atoms with van der Waals surface area (Å²) < 4.78 is 5.46. The molecule has 0 radical (unpaired) electrons. The lowest BCUT2D eigenvalue weighted by Gasteiger charge is -2.02. The van der Waals surface area contributed by atoms with Crippen LogP contribution in [0, 0.1) is 0 Å². The van der Waals surface area contributed by atoms with E-state index in [-0.39, 0.29) is 11.7 Å². The van der Waals surface area contributed by atoms with E-state index in [1.54, 1.807) is 6.08 Å². The smallest absolute Gasteiger partial charge is 0.170 e. The number of carbonyl (C=O) groups excluding carboxylic acids is 1. The predicted octanol–water partition coefficient (Wildman–Crippen LogP) is 3.39. The number of hydrogen-bond donors (Lipinski definition) is 1. The van der Waals surface area contributed by atoms with Crippen molar-refractivity contribution in [2.75, 3.05) is 12.5 Å². The standard InChI is InChI=1S/C14H14ClNO2/c1-2-18-12-5-6-14-13(7-12)10(9-16-14)3-4-11(17)8-15/h3-7,9,16H,2,8H2,1H3/b4-3+. The molecule has 1 heterocycles. The lowest BCUT2D eigenvalue weighted by Crippen LogP contribution is -1.91. The maximum atomic E-state index is 11.2. The van der Waals surface area contributed by atoms with Crippen molar-refractivity contribution >= 4 is 34.4 Å². The number of fused-ring (bicyclic) bond motifs is 1. The van der Waals surface area contributed by atoms with Crippen LogP contribution >= 0.6 is 11.6 Å². The number of alkyl halides is 1. The molecule has 18 heavy (non-hydrogen) atoms. The predicted molar refractivity (Wildman–Crippen MR) is 74.2 cm³/mol. The molecule has 0 fully saturated rings. The van der Waals surface area contributed by atoms with E-state index in [0.717, 1.165) is 22.2 Å². The van der Waals surface area contributed by atoms with Gasteiger partial charge in [0.05, 0.1) is 12.5 Å². The third-order valence-electron chi connectivity index (χ3n) is 2.58. The van der Waals surface area contributed by atoms with Crippen LogP contribution in [-0.4, -0.2) is 23.3 Å². The molecule has 3 nitrogen and oxygen atoms in total. The van der Waals surface area contributed by atoms with Gasteiger partial charge in [0.25, 0.3) is 0 Å². The zero-order valence-corrected chi connectivity index (χ0v) is 10.8. The van der Waals surface area contributed by atoms with E-state index >= 15 is 0 Å². The van der Waals surface area contributed by atoms with E-state index < -0.39 is 0 Å². The summed E-state index contributed by atoms with van der Waals surface area (Å²) in [4.78, 5) is 14.3. The third kappa shape index (κ3) is 2.74. The molecule has 94 valence electrons. The summed E-state index contributed by atoms with van der Waals surface area (Å²) in [6.07, 6.45) is 5.11. The Bertz CT molecular complexity index is 586. The van der Waals surface area contributed by atoms with Crippen molar-refractivity contribution < 1.29 is 9.53 Å². The molecule has 0 aliphatic carbocycles. The quantitative estimate of drug-likeness (QED) is 0.664. The number of carbonyl (C=O) groups is 1. The molecule has 2 rings (SSSR count). The Kier molecular flexibility index (Phi) is 4.05. The van der Waals surface area contributed by atoms with Crippen LogP contribution in [0.2, 0.25) is 0 Å². The van der Waals surface area contributed by atoms with Gasteiger partial charge in [0, 0.05) is 22.7 Å². The fourth-order valence-electron chi connectivity index (χ4n) is 1.74. The van der Waals surface area contributed by atoms with Gasteiger partial charge in [-0.2, -0.15) is 0 Å². The number of allylic oxidation sites excluding steroid dienone is 1. The van der Waals surface area contributed by atoms with Gasteiger partial charge < -0.3 is 9.72 Å². The lowest BCUT2D eigenvalue weighted by molar-refractivity contribution is -0.112. The number of benzene rings is 1. The number of ketones is 1. The largest absolute Gasteiger partial charge is 0.494 e. The van der Waals surface area contributed by atoms with Crippen LogP contribution in [-0.2, 0) is 4.79 Å². The number of rotatable bonds is 5. The Morgan fingerprint density at radius 3 is 3.06 bits per heavy atom. The van der Waals surface area contributed by atoms with Gasteiger partial charge in [0.1, 0.15) is 5.75 Å². The number of nitrogens with one attached hydrogen (secondary N) is 1. The van der Waals surface area contributed by atoms with Crippen molar-refractivity contribution in [1.29, 1.82) is 0 Å². The van der Waals surface area contributed by atoms with Crippen molar-refractivity contribution in [3.05, 3.63) is 36.0 Å². The maximum absolute atomic E-state index is 11.2. The van der Waals surface area contributed by atoms with E-state index in [1.165, 1.54) is 6.08 Å². The molecule has 0 saturated heterocycles. The van der Waals surface area contributed by atoms with Crippen molar-refractivity contribution in [3.8, 4) is 5.75 Å². The van der Waals surface area contributed by atoms with Gasteiger partial charge in [0.15, 0.2) is 5.78 Å². The summed E-state index contributed by atoms with van der Waals surface area (Å²) in [5, 5.41) is 1.03. The Labute approximate surface area is 110 Å². The summed E-state index contributed by atoms with van der Waals surface area (Å²) >= 11 is 5.45. The number of ether oxygens (including phenoxy) is 1. The second kappa shape index (κ2) is 5.74. The molecule has 0 bridgehead atoms. The summed E-state index contributed by atoms with van der Waals surface area (Å²) in [5.41, 5.74) is 1.96. The van der Waals surface area contributed by atoms with Crippen LogP contribution in [0.1, 0.15) is 12.5 Å². The highest BCUT2D eigenvalue weighted by atomic mass is 35.5. The first kappa shape index (κ1) is 12.7. The van der Waals surface area contributed by atoms with Crippen LogP contribution in [0.3, 0.4) is 0 Å². The minimum atomic E-state index is -0.105. The molecule has 0 saturated carbocycles. The molecule has 0 spiro atoms. The van der Waals surface area contributed by atoms with Crippen molar-refractivity contribution in [2.24, 2.45) is 0 Å². The minimum absolute atomic E-state index is 0.00303. The van der Waals surface area contributed by atoms with E-state index in [4.69, 9.17) is 16.3 Å². The minimum Gasteiger partial charge on any atom is -0.494 e. The Morgan fingerprint density at radius 1 is 1.50 bits per heavy atom. The van der Waals surface area contributed by atoms with Crippen LogP contribution in [0.25, 0.3) is 17.0 Å². The molecule has 0 atom stereocenters. The van der Waals surface area contributed by atoms with Gasteiger partial charge >= 0.3 is 0 Å². The fraction of sp³-hybridized carbons (Fsp3) is 0.214. The lowest BCUT2D eigenvalue weighted by atomic mass is 10.1. The molecule has 0 amide bonds. The third-order valence-corrected chi connectivity index (χ3v) is 2.84. The van der Waals surface area contributed by atoms with E-state index in [0.29, 0.717) is 6.61 Å². The van der Waals surface area contributed by atoms with Crippen LogP contribution < -0.4 is 4.74 Å². The first-order chi connectivity index (χ1) is 8.74. The maximum Gasteiger partial charge on any atom is 0.170 e. The van der Waals surface area contributed by atoms with Gasteiger partial charge in [-0.15, -0.1) is 11.6 Å². The second-order valence-electron chi connectivity index (χ2n) is 3.82. The number of H-pyrrole nitrogens is 1. The first-order valence-electron chi connectivity index (χ1n) is 5.75. The normalized spacial score (nSPS) is 11.2. The van der Waals surface area contributed by atoms with Gasteiger partial charge in [-0.25, -0.2) is 0 Å². The molecule has 0 aliphatic heterocycles. The molecular formula is C14H14ClNO2. The van der Waals surface area contributed by atoms with E-state index in [2.05, 4.69) is 4.98 Å². The Hall–Kier alpha value is -1.74. The number of aromatic amines is 1. The van der Waals surface area contributed by atoms with Crippen molar-refractivity contribution in [1.82, 2.24) is 4.98 Å². The highest BCUT2D eigenvalue weighted by molar-refractivity contribution is 6.29. The summed E-state index contributed by atoms with van der Waals surface area (Å²) in [6.45, 7) is 2.58. The second-order valence-corrected chi connectivity index (χ2v) is 4.08. The number of halogens is 1. The average Bonchev–Trinajstić information content (AvgIpc) is 2.79. The van der Waals surface area contributed by atoms with E-state index in [1.807, 2.05) is 31.3 Å². The molecule has 1 aromatic heterocycles. The Morgan fingerprint density at radius 2 is 2.33 bits per heavy atom. The molecule has 0 aliphatic rings. The topological polar surface area (TPSA) is 42.1 Å². The van der Waals surface area contributed by atoms with Crippen molar-refractivity contribution in [2.45, 2.75) is 6.92 Å². The monoisotopic (exact) mass is 263 g/mol. The first-order valence-corrected chi connectivity index (χ1v) is 6.29.